The Bertz CT molecular complexity index is 829. The number of hydrogen-bond donors (Lipinski definition) is 1. The van der Waals surface area contributed by atoms with Crippen molar-refractivity contribution in [2.75, 3.05) is 0 Å². The minimum Gasteiger partial charge on any atom is -0.354 e. The second kappa shape index (κ2) is 5.59. The largest absolute Gasteiger partial charge is 0.354 e. The third kappa shape index (κ3) is 2.54. The van der Waals surface area contributed by atoms with E-state index in [1.165, 1.54) is 6.08 Å². The summed E-state index contributed by atoms with van der Waals surface area (Å²) in [6.07, 6.45) is 2.80. The van der Waals surface area contributed by atoms with Gasteiger partial charge in [-0.2, -0.15) is 0 Å². The van der Waals surface area contributed by atoms with Gasteiger partial charge >= 0.3 is 0 Å². The number of nitrogens with one attached hydrogen (secondary N) is 1. The van der Waals surface area contributed by atoms with E-state index >= 15 is 0 Å². The number of carbonyl (C=O) groups is 1. The fraction of sp³-hybridized carbons (Fsp3) is 0. The Kier molecular flexibility index (Phi) is 3.48. The molecule has 3 nitrogen and oxygen atoms in total. The van der Waals surface area contributed by atoms with Gasteiger partial charge in [0, 0.05) is 22.7 Å². The van der Waals surface area contributed by atoms with Crippen molar-refractivity contribution >= 4 is 23.0 Å². The Morgan fingerprint density at radius 1 is 1.05 bits per heavy atom. The van der Waals surface area contributed by atoms with Crippen molar-refractivity contribution in [1.82, 2.24) is 4.98 Å². The lowest BCUT2D eigenvalue weighted by molar-refractivity contribution is -0.113. The lowest BCUT2D eigenvalue weighted by Gasteiger charge is -2.00. The summed E-state index contributed by atoms with van der Waals surface area (Å²) in [5.74, 6) is -0.348. The summed E-state index contributed by atoms with van der Waals surface area (Å²) < 4.78 is 0. The highest BCUT2D eigenvalue weighted by atomic mass is 16.1. The Morgan fingerprint density at radius 2 is 1.76 bits per heavy atom. The van der Waals surface area contributed by atoms with Crippen LogP contribution in [-0.2, 0) is 4.79 Å². The molecule has 1 amide bonds. The van der Waals surface area contributed by atoms with Gasteiger partial charge in [-0.15, -0.1) is 0 Å². The molecule has 0 bridgehead atoms. The van der Waals surface area contributed by atoms with Crippen molar-refractivity contribution in [3.8, 4) is 11.3 Å². The molecular formula is C18H14N2O. The quantitative estimate of drug-likeness (QED) is 0.570. The van der Waals surface area contributed by atoms with Crippen molar-refractivity contribution in [3.63, 3.8) is 0 Å². The van der Waals surface area contributed by atoms with Gasteiger partial charge in [0.1, 0.15) is 0 Å². The van der Waals surface area contributed by atoms with Crippen LogP contribution in [0.2, 0.25) is 0 Å². The molecule has 0 unspecified atom stereocenters. The average molecular weight is 274 g/mol. The van der Waals surface area contributed by atoms with Gasteiger partial charge in [0.2, 0.25) is 0 Å². The van der Waals surface area contributed by atoms with Crippen molar-refractivity contribution in [2.45, 2.75) is 0 Å². The van der Waals surface area contributed by atoms with E-state index in [1.807, 2.05) is 54.6 Å². The predicted molar refractivity (Wildman–Crippen MR) is 86.5 cm³/mol. The molecule has 0 saturated heterocycles. The highest BCUT2D eigenvalue weighted by Gasteiger charge is 2.11. The monoisotopic (exact) mass is 274 g/mol. The predicted octanol–water partition coefficient (Wildman–Crippen LogP) is 3.97. The molecule has 0 radical (unpaired) electrons. The van der Waals surface area contributed by atoms with Crippen molar-refractivity contribution in [3.05, 3.63) is 72.8 Å². The number of benzene rings is 2. The number of para-hydroxylation sites is 1. The molecule has 1 heterocycles. The smallest absolute Gasteiger partial charge is 0.269 e. The number of nitrogens with zero attached hydrogens (tertiary/aromatic N) is 1. The average Bonchev–Trinajstić information content (AvgIpc) is 2.92. The number of carbonyl (C=O) groups excluding carboxylic acids is 1. The maximum atomic E-state index is 11.4. The van der Waals surface area contributed by atoms with Crippen LogP contribution < -0.4 is 0 Å². The molecule has 0 spiro atoms. The van der Waals surface area contributed by atoms with Crippen molar-refractivity contribution < 1.29 is 4.79 Å². The normalized spacial score (nSPS) is 11.0. The highest BCUT2D eigenvalue weighted by molar-refractivity contribution is 6.09. The summed E-state index contributed by atoms with van der Waals surface area (Å²) in [5.41, 5.74) is 3.94. The van der Waals surface area contributed by atoms with Crippen LogP contribution in [0.5, 0.6) is 0 Å². The molecule has 0 saturated carbocycles. The zero-order chi connectivity index (χ0) is 14.7. The molecule has 0 fully saturated rings. The first kappa shape index (κ1) is 13.1. The third-order valence-corrected chi connectivity index (χ3v) is 3.30. The molecule has 0 aliphatic carbocycles. The minimum atomic E-state index is -0.348. The van der Waals surface area contributed by atoms with Crippen LogP contribution in [0.15, 0.2) is 72.2 Å². The number of rotatable bonds is 3. The molecule has 0 atom stereocenters. The van der Waals surface area contributed by atoms with E-state index in [-0.39, 0.29) is 5.91 Å². The molecule has 3 aromatic rings. The Labute approximate surface area is 122 Å². The van der Waals surface area contributed by atoms with Crippen LogP contribution in [0.1, 0.15) is 5.56 Å². The summed E-state index contributed by atoms with van der Waals surface area (Å²) in [6.45, 7) is 3.43. The second-order valence-electron chi connectivity index (χ2n) is 4.63. The fourth-order valence-corrected chi connectivity index (χ4v) is 2.31. The van der Waals surface area contributed by atoms with Crippen molar-refractivity contribution in [2.24, 2.45) is 4.99 Å². The second-order valence-corrected chi connectivity index (χ2v) is 4.63. The number of aliphatic imine (C=N–C) groups is 1. The van der Waals surface area contributed by atoms with Crippen LogP contribution in [0.25, 0.3) is 22.2 Å². The number of amides is 1. The van der Waals surface area contributed by atoms with E-state index < -0.39 is 0 Å². The summed E-state index contributed by atoms with van der Waals surface area (Å²) in [6, 6.07) is 18.0. The van der Waals surface area contributed by atoms with Gasteiger partial charge in [-0.05, 0) is 17.7 Å². The van der Waals surface area contributed by atoms with E-state index in [4.69, 9.17) is 0 Å². The van der Waals surface area contributed by atoms with Crippen LogP contribution in [-0.4, -0.2) is 17.1 Å². The summed E-state index contributed by atoms with van der Waals surface area (Å²) in [5, 5.41) is 1.04. The number of hydrogen-bond acceptors (Lipinski definition) is 1. The maximum absolute atomic E-state index is 11.4. The molecule has 102 valence electrons. The maximum Gasteiger partial charge on any atom is 0.269 e. The van der Waals surface area contributed by atoms with Gasteiger partial charge in [0.05, 0.1) is 5.69 Å². The molecule has 3 heteroatoms. The first-order valence-electron chi connectivity index (χ1n) is 6.66. The molecule has 3 rings (SSSR count). The number of aromatic amines is 1. The fourth-order valence-electron chi connectivity index (χ4n) is 2.31. The lowest BCUT2D eigenvalue weighted by Crippen LogP contribution is -1.90. The first-order valence-corrected chi connectivity index (χ1v) is 6.66. The Morgan fingerprint density at radius 3 is 2.52 bits per heavy atom. The standard InChI is InChI=1S/C18H14N2O/c1-2-17(21)19-12-15-14-10-6-7-11-16(14)20-18(15)13-8-4-3-5-9-13/h2-12,20H,1H2. The van der Waals surface area contributed by atoms with E-state index in [0.29, 0.717) is 0 Å². The van der Waals surface area contributed by atoms with Gasteiger partial charge in [0.25, 0.3) is 5.91 Å². The lowest BCUT2D eigenvalue weighted by atomic mass is 10.1. The molecule has 1 aromatic heterocycles. The van der Waals surface area contributed by atoms with E-state index in [2.05, 4.69) is 16.6 Å². The van der Waals surface area contributed by atoms with Crippen LogP contribution >= 0.6 is 0 Å². The van der Waals surface area contributed by atoms with E-state index in [9.17, 15) is 4.79 Å². The zero-order valence-electron chi connectivity index (χ0n) is 11.4. The third-order valence-electron chi connectivity index (χ3n) is 3.30. The molecule has 2 aromatic carbocycles. The first-order chi connectivity index (χ1) is 10.3. The Hall–Kier alpha value is -2.94. The zero-order valence-corrected chi connectivity index (χ0v) is 11.4. The van der Waals surface area contributed by atoms with Gasteiger partial charge in [-0.25, -0.2) is 4.99 Å². The minimum absolute atomic E-state index is 0.348. The molecule has 21 heavy (non-hydrogen) atoms. The molecule has 0 aliphatic heterocycles. The van der Waals surface area contributed by atoms with Crippen LogP contribution in [0.3, 0.4) is 0 Å². The van der Waals surface area contributed by atoms with Crippen LogP contribution in [0, 0.1) is 0 Å². The van der Waals surface area contributed by atoms with Crippen molar-refractivity contribution in [1.29, 1.82) is 0 Å². The molecule has 1 N–H and O–H groups in total. The van der Waals surface area contributed by atoms with Gasteiger partial charge < -0.3 is 4.98 Å². The molecular weight excluding hydrogens is 260 g/mol. The van der Waals surface area contributed by atoms with Gasteiger partial charge in [-0.1, -0.05) is 55.1 Å². The number of H-pyrrole nitrogens is 1. The summed E-state index contributed by atoms with van der Waals surface area (Å²) in [4.78, 5) is 18.7. The van der Waals surface area contributed by atoms with E-state index in [1.54, 1.807) is 6.21 Å². The summed E-state index contributed by atoms with van der Waals surface area (Å²) >= 11 is 0. The number of aromatic nitrogens is 1. The summed E-state index contributed by atoms with van der Waals surface area (Å²) in [7, 11) is 0. The van der Waals surface area contributed by atoms with Gasteiger partial charge in [0.15, 0.2) is 0 Å². The van der Waals surface area contributed by atoms with Crippen LogP contribution in [0.4, 0.5) is 0 Å². The highest BCUT2D eigenvalue weighted by Crippen LogP contribution is 2.28. The van der Waals surface area contributed by atoms with E-state index in [0.717, 1.165) is 27.7 Å². The van der Waals surface area contributed by atoms with Gasteiger partial charge in [-0.3, -0.25) is 4.79 Å². The molecule has 0 aliphatic rings. The number of fused-ring (bicyclic) bond motifs is 1. The Balaban J connectivity index is 2.21. The SMILES string of the molecule is C=CC(=O)N=Cc1c(-c2ccccc2)[nH]c2ccccc12. The topological polar surface area (TPSA) is 45.2 Å².